The van der Waals surface area contributed by atoms with Crippen LogP contribution in [0.2, 0.25) is 0 Å². The summed E-state index contributed by atoms with van der Waals surface area (Å²) in [5.74, 6) is 1.48. The summed E-state index contributed by atoms with van der Waals surface area (Å²) in [4.78, 5) is 25.3. The molecule has 1 fully saturated rings. The molecule has 2 aliphatic rings. The van der Waals surface area contributed by atoms with Crippen LogP contribution in [0.5, 0.6) is 5.88 Å². The van der Waals surface area contributed by atoms with E-state index in [0.717, 1.165) is 38.4 Å². The lowest BCUT2D eigenvalue weighted by molar-refractivity contribution is -0.130. The van der Waals surface area contributed by atoms with Crippen LogP contribution in [0, 0.1) is 0 Å². The first-order valence-corrected chi connectivity index (χ1v) is 10.1. The molecular formula is C22H27N5O2. The average molecular weight is 393 g/mol. The largest absolute Gasteiger partial charge is 0.472 e. The van der Waals surface area contributed by atoms with Gasteiger partial charge in [-0.25, -0.2) is 4.98 Å². The molecule has 4 rings (SSSR count). The number of aliphatic imine (C=N–C) groups is 1. The van der Waals surface area contributed by atoms with E-state index < -0.39 is 0 Å². The van der Waals surface area contributed by atoms with Crippen molar-refractivity contribution in [1.29, 1.82) is 0 Å². The summed E-state index contributed by atoms with van der Waals surface area (Å²) in [5, 5.41) is 3.23. The van der Waals surface area contributed by atoms with E-state index in [1.165, 1.54) is 11.1 Å². The quantitative estimate of drug-likeness (QED) is 0.632. The van der Waals surface area contributed by atoms with Gasteiger partial charge in [0.15, 0.2) is 5.96 Å². The molecule has 29 heavy (non-hydrogen) atoms. The Bertz CT molecular complexity index is 871. The number of hydrogen-bond acceptors (Lipinski definition) is 4. The van der Waals surface area contributed by atoms with Crippen LogP contribution in [-0.2, 0) is 17.8 Å². The highest BCUT2D eigenvalue weighted by Crippen LogP contribution is 2.19. The second kappa shape index (κ2) is 8.94. The molecule has 0 aliphatic carbocycles. The minimum Gasteiger partial charge on any atom is -0.472 e. The third-order valence-electron chi connectivity index (χ3n) is 5.46. The summed E-state index contributed by atoms with van der Waals surface area (Å²) in [7, 11) is 1.75. The maximum Gasteiger partial charge on any atom is 0.242 e. The van der Waals surface area contributed by atoms with Crippen LogP contribution < -0.4 is 10.1 Å². The third kappa shape index (κ3) is 4.67. The molecule has 7 nitrogen and oxygen atoms in total. The molecule has 1 atom stereocenters. The fourth-order valence-electron chi connectivity index (χ4n) is 3.91. The van der Waals surface area contributed by atoms with Crippen molar-refractivity contribution in [3.63, 3.8) is 0 Å². The van der Waals surface area contributed by atoms with Gasteiger partial charge in [-0.1, -0.05) is 30.3 Å². The standard InChI is InChI=1S/C22H27N5O2/c1-23-22(27-13-10-19(16-27)29-20-8-4-5-11-24-20)25-14-21(28)26-12-9-17-6-2-3-7-18(17)15-26/h2-8,11,19H,9-10,12-16H2,1H3,(H,23,25). The lowest BCUT2D eigenvalue weighted by atomic mass is 10.00. The van der Waals surface area contributed by atoms with Gasteiger partial charge in [0.05, 0.1) is 13.1 Å². The van der Waals surface area contributed by atoms with Crippen LogP contribution in [-0.4, -0.2) is 66.0 Å². The summed E-state index contributed by atoms with van der Waals surface area (Å²) < 4.78 is 5.94. The first-order valence-electron chi connectivity index (χ1n) is 10.1. The number of likely N-dealkylation sites (tertiary alicyclic amines) is 1. The number of ether oxygens (including phenoxy) is 1. The number of guanidine groups is 1. The molecule has 1 aromatic heterocycles. The van der Waals surface area contributed by atoms with E-state index >= 15 is 0 Å². The van der Waals surface area contributed by atoms with Crippen molar-refractivity contribution in [1.82, 2.24) is 20.1 Å². The number of aromatic nitrogens is 1. The Morgan fingerprint density at radius 3 is 2.79 bits per heavy atom. The number of fused-ring (bicyclic) bond motifs is 1. The zero-order valence-corrected chi connectivity index (χ0v) is 16.8. The summed E-state index contributed by atoms with van der Waals surface area (Å²) >= 11 is 0. The predicted molar refractivity (Wildman–Crippen MR) is 112 cm³/mol. The molecule has 7 heteroatoms. The Hall–Kier alpha value is -3.09. The second-order valence-electron chi connectivity index (χ2n) is 7.38. The van der Waals surface area contributed by atoms with E-state index in [1.54, 1.807) is 13.2 Å². The molecule has 1 N–H and O–H groups in total. The van der Waals surface area contributed by atoms with Crippen LogP contribution in [0.25, 0.3) is 0 Å². The maximum atomic E-state index is 12.7. The Labute approximate surface area is 171 Å². The molecule has 152 valence electrons. The monoisotopic (exact) mass is 393 g/mol. The minimum atomic E-state index is 0.0674. The highest BCUT2D eigenvalue weighted by atomic mass is 16.5. The van der Waals surface area contributed by atoms with E-state index in [9.17, 15) is 4.79 Å². The predicted octanol–water partition coefficient (Wildman–Crippen LogP) is 1.69. The highest BCUT2D eigenvalue weighted by Gasteiger charge is 2.27. The Kier molecular flexibility index (Phi) is 5.93. The molecular weight excluding hydrogens is 366 g/mol. The maximum absolute atomic E-state index is 12.7. The smallest absolute Gasteiger partial charge is 0.242 e. The summed E-state index contributed by atoms with van der Waals surface area (Å²) in [6.07, 6.45) is 3.61. The number of benzene rings is 1. The first-order chi connectivity index (χ1) is 14.2. The minimum absolute atomic E-state index is 0.0674. The van der Waals surface area contributed by atoms with Crippen LogP contribution in [0.15, 0.2) is 53.7 Å². The number of amides is 1. The van der Waals surface area contributed by atoms with E-state index in [-0.39, 0.29) is 18.6 Å². The lowest BCUT2D eigenvalue weighted by Gasteiger charge is -2.29. The normalized spacial score (nSPS) is 19.1. The molecule has 1 unspecified atom stereocenters. The number of nitrogens with one attached hydrogen (secondary N) is 1. The van der Waals surface area contributed by atoms with E-state index in [2.05, 4.69) is 38.4 Å². The average Bonchev–Trinajstić information content (AvgIpc) is 3.22. The number of hydrogen-bond donors (Lipinski definition) is 1. The zero-order valence-electron chi connectivity index (χ0n) is 16.8. The number of nitrogens with zero attached hydrogens (tertiary/aromatic N) is 4. The van der Waals surface area contributed by atoms with E-state index in [1.807, 2.05) is 29.2 Å². The fraction of sp³-hybridized carbons (Fsp3) is 0.409. The third-order valence-corrected chi connectivity index (χ3v) is 5.46. The van der Waals surface area contributed by atoms with Gasteiger partial charge in [-0.05, 0) is 23.6 Å². The van der Waals surface area contributed by atoms with Gasteiger partial charge < -0.3 is 19.9 Å². The van der Waals surface area contributed by atoms with Gasteiger partial charge in [-0.2, -0.15) is 0 Å². The zero-order chi connectivity index (χ0) is 20.1. The molecule has 1 amide bonds. The Morgan fingerprint density at radius 1 is 1.17 bits per heavy atom. The highest BCUT2D eigenvalue weighted by molar-refractivity contribution is 5.86. The van der Waals surface area contributed by atoms with Crippen molar-refractivity contribution < 1.29 is 9.53 Å². The van der Waals surface area contributed by atoms with Gasteiger partial charge in [0.2, 0.25) is 11.8 Å². The lowest BCUT2D eigenvalue weighted by Crippen LogP contribution is -2.47. The van der Waals surface area contributed by atoms with Crippen LogP contribution in [0.1, 0.15) is 17.5 Å². The molecule has 0 bridgehead atoms. The molecule has 0 saturated carbocycles. The van der Waals surface area contributed by atoms with Gasteiger partial charge in [-0.15, -0.1) is 0 Å². The number of pyridine rings is 1. The Morgan fingerprint density at radius 2 is 2.00 bits per heavy atom. The summed E-state index contributed by atoms with van der Waals surface area (Å²) in [6.45, 7) is 3.25. The van der Waals surface area contributed by atoms with Gasteiger partial charge >= 0.3 is 0 Å². The molecule has 3 heterocycles. The topological polar surface area (TPSA) is 70.1 Å². The van der Waals surface area contributed by atoms with Gasteiger partial charge in [0.25, 0.3) is 0 Å². The van der Waals surface area contributed by atoms with E-state index in [0.29, 0.717) is 12.4 Å². The Balaban J connectivity index is 1.27. The SMILES string of the molecule is CN=C(NCC(=O)N1CCc2ccccc2C1)N1CCC(Oc2ccccn2)C1. The van der Waals surface area contributed by atoms with Crippen LogP contribution in [0.3, 0.4) is 0 Å². The van der Waals surface area contributed by atoms with Crippen molar-refractivity contribution in [2.24, 2.45) is 4.99 Å². The van der Waals surface area contributed by atoms with Crippen molar-refractivity contribution >= 4 is 11.9 Å². The van der Waals surface area contributed by atoms with Crippen LogP contribution in [0.4, 0.5) is 0 Å². The summed E-state index contributed by atoms with van der Waals surface area (Å²) in [5.41, 5.74) is 2.59. The molecule has 0 spiro atoms. The van der Waals surface area contributed by atoms with Crippen LogP contribution >= 0.6 is 0 Å². The number of rotatable bonds is 4. The van der Waals surface area contributed by atoms with Crippen molar-refractivity contribution in [2.45, 2.75) is 25.5 Å². The number of carbonyl (C=O) groups excluding carboxylic acids is 1. The van der Waals surface area contributed by atoms with Crippen molar-refractivity contribution in [3.8, 4) is 5.88 Å². The van der Waals surface area contributed by atoms with Gasteiger partial charge in [0.1, 0.15) is 6.10 Å². The molecule has 2 aliphatic heterocycles. The van der Waals surface area contributed by atoms with Crippen molar-refractivity contribution in [2.75, 3.05) is 33.2 Å². The second-order valence-corrected chi connectivity index (χ2v) is 7.38. The van der Waals surface area contributed by atoms with Crippen molar-refractivity contribution in [3.05, 3.63) is 59.8 Å². The molecule has 2 aromatic rings. The first kappa shape index (κ1) is 19.2. The van der Waals surface area contributed by atoms with E-state index in [4.69, 9.17) is 4.74 Å². The fourth-order valence-corrected chi connectivity index (χ4v) is 3.91. The molecule has 1 aromatic carbocycles. The van der Waals surface area contributed by atoms with Gasteiger partial charge in [0, 0.05) is 45.4 Å². The number of carbonyl (C=O) groups is 1. The summed E-state index contributed by atoms with van der Waals surface area (Å²) in [6, 6.07) is 14.0. The molecule has 1 saturated heterocycles. The molecule has 0 radical (unpaired) electrons. The van der Waals surface area contributed by atoms with Gasteiger partial charge in [-0.3, -0.25) is 9.79 Å².